The Morgan fingerprint density at radius 3 is 2.71 bits per heavy atom. The van der Waals surface area contributed by atoms with Gasteiger partial charge >= 0.3 is 0 Å². The molecule has 0 aliphatic carbocycles. The second kappa shape index (κ2) is 9.03. The normalized spacial score (nSPS) is 11.3. The molecule has 4 aromatic heterocycles. The Morgan fingerprint density at radius 2 is 1.94 bits per heavy atom. The molecule has 0 aliphatic rings. The summed E-state index contributed by atoms with van der Waals surface area (Å²) in [6.07, 6.45) is 3.10. The Hall–Kier alpha value is -4.11. The van der Waals surface area contributed by atoms with Crippen LogP contribution in [0.15, 0.2) is 48.8 Å². The van der Waals surface area contributed by atoms with Gasteiger partial charge in [-0.2, -0.15) is 10.2 Å². The number of aliphatic hydroxyl groups excluding tert-OH is 1. The number of aliphatic hydroxyl groups is 1. The summed E-state index contributed by atoms with van der Waals surface area (Å²) < 4.78 is 1.97. The average Bonchev–Trinajstić information content (AvgIpc) is 3.44. The third kappa shape index (κ3) is 4.01. The summed E-state index contributed by atoms with van der Waals surface area (Å²) in [7, 11) is 0. The van der Waals surface area contributed by atoms with Crippen molar-refractivity contribution in [3.05, 3.63) is 71.4 Å². The molecule has 0 fully saturated rings. The maximum Gasteiger partial charge on any atom is 0.153 e. The van der Waals surface area contributed by atoms with E-state index in [9.17, 15) is 5.11 Å². The molecule has 5 aromatic rings. The molecule has 0 radical (unpaired) electrons. The van der Waals surface area contributed by atoms with E-state index >= 15 is 0 Å². The van der Waals surface area contributed by atoms with Crippen molar-refractivity contribution in [2.24, 2.45) is 0 Å². The summed E-state index contributed by atoms with van der Waals surface area (Å²) in [5.74, 6) is 1.43. The van der Waals surface area contributed by atoms with E-state index in [2.05, 4.69) is 37.6 Å². The molecule has 9 heteroatoms. The fraction of sp³-hybridized carbons (Fsp3) is 0.240. The highest BCUT2D eigenvalue weighted by molar-refractivity contribution is 5.82. The fourth-order valence-corrected chi connectivity index (χ4v) is 4.09. The van der Waals surface area contributed by atoms with Crippen molar-refractivity contribution in [3.63, 3.8) is 0 Å². The van der Waals surface area contributed by atoms with Crippen molar-refractivity contribution >= 4 is 22.5 Å². The maximum absolute atomic E-state index is 9.60. The van der Waals surface area contributed by atoms with Crippen molar-refractivity contribution < 1.29 is 5.11 Å². The van der Waals surface area contributed by atoms with Crippen molar-refractivity contribution in [3.8, 4) is 17.1 Å². The largest absolute Gasteiger partial charge is 0.396 e. The Balaban J connectivity index is 1.54. The molecule has 0 spiro atoms. The SMILES string of the molecule is CCc1n[nH]c(C)c1-c1nc(-n2cnc3cc(Nc4ccc(C)nn4)ccc32)ccc1CCO. The summed E-state index contributed by atoms with van der Waals surface area (Å²) in [6.45, 7) is 6.04. The van der Waals surface area contributed by atoms with Crippen LogP contribution in [0.3, 0.4) is 0 Å². The number of aromatic nitrogens is 7. The number of H-pyrrole nitrogens is 1. The number of rotatable bonds is 7. The van der Waals surface area contributed by atoms with E-state index in [1.807, 2.05) is 60.9 Å². The number of nitrogens with zero attached hydrogens (tertiary/aromatic N) is 6. The molecule has 0 amide bonds. The molecule has 4 heterocycles. The third-order valence-corrected chi connectivity index (χ3v) is 5.80. The second-order valence-electron chi connectivity index (χ2n) is 8.18. The molecule has 0 atom stereocenters. The summed E-state index contributed by atoms with van der Waals surface area (Å²) in [4.78, 5) is 9.61. The minimum absolute atomic E-state index is 0.0571. The Kier molecular flexibility index (Phi) is 5.77. The van der Waals surface area contributed by atoms with Crippen molar-refractivity contribution in [1.29, 1.82) is 0 Å². The molecule has 34 heavy (non-hydrogen) atoms. The first kappa shape index (κ1) is 21.7. The first-order valence-corrected chi connectivity index (χ1v) is 11.3. The third-order valence-electron chi connectivity index (χ3n) is 5.80. The number of benzene rings is 1. The molecular formula is C25H26N8O. The minimum Gasteiger partial charge on any atom is -0.396 e. The molecular weight excluding hydrogens is 428 g/mol. The molecule has 3 N–H and O–H groups in total. The van der Waals surface area contributed by atoms with Gasteiger partial charge in [0, 0.05) is 23.6 Å². The molecule has 0 bridgehead atoms. The molecule has 1 aromatic carbocycles. The average molecular weight is 455 g/mol. The van der Waals surface area contributed by atoms with Crippen molar-refractivity contribution in [2.75, 3.05) is 11.9 Å². The first-order chi connectivity index (χ1) is 16.6. The molecule has 0 unspecified atom stereocenters. The lowest BCUT2D eigenvalue weighted by atomic mass is 10.0. The van der Waals surface area contributed by atoms with Crippen LogP contribution in [0.25, 0.3) is 28.1 Å². The van der Waals surface area contributed by atoms with Gasteiger partial charge in [-0.25, -0.2) is 9.97 Å². The van der Waals surface area contributed by atoms with E-state index in [1.165, 1.54) is 0 Å². The van der Waals surface area contributed by atoms with Gasteiger partial charge in [0.2, 0.25) is 0 Å². The first-order valence-electron chi connectivity index (χ1n) is 11.3. The van der Waals surface area contributed by atoms with E-state index in [4.69, 9.17) is 4.98 Å². The highest BCUT2D eigenvalue weighted by Crippen LogP contribution is 2.30. The lowest BCUT2D eigenvalue weighted by molar-refractivity contribution is 0.299. The topological polar surface area (TPSA) is 117 Å². The monoisotopic (exact) mass is 454 g/mol. The number of aryl methyl sites for hydroxylation is 3. The highest BCUT2D eigenvalue weighted by Gasteiger charge is 2.18. The van der Waals surface area contributed by atoms with Crippen molar-refractivity contribution in [1.82, 2.24) is 34.9 Å². The van der Waals surface area contributed by atoms with Gasteiger partial charge in [-0.15, -0.1) is 5.10 Å². The van der Waals surface area contributed by atoms with Gasteiger partial charge in [-0.3, -0.25) is 9.67 Å². The van der Waals surface area contributed by atoms with Crippen LogP contribution in [0.4, 0.5) is 11.5 Å². The predicted molar refractivity (Wildman–Crippen MR) is 131 cm³/mol. The molecule has 172 valence electrons. The lowest BCUT2D eigenvalue weighted by Crippen LogP contribution is -2.04. The van der Waals surface area contributed by atoms with Crippen molar-refractivity contribution in [2.45, 2.75) is 33.6 Å². The van der Waals surface area contributed by atoms with Gasteiger partial charge in [0.25, 0.3) is 0 Å². The number of hydrogen-bond acceptors (Lipinski definition) is 7. The Labute approximate surface area is 196 Å². The molecule has 5 rings (SSSR count). The number of anilines is 2. The predicted octanol–water partition coefficient (Wildman–Crippen LogP) is 4.06. The standard InChI is InChI=1S/C25H26N8O/c1-4-19-24(16(3)30-31-19)25-17(11-12-34)6-10-23(28-25)33-14-26-20-13-18(7-8-21(20)33)27-22-9-5-15(2)29-32-22/h5-10,13-14,34H,4,11-12H2,1-3H3,(H,27,32)(H,30,31). The maximum atomic E-state index is 9.60. The summed E-state index contributed by atoms with van der Waals surface area (Å²) in [6, 6.07) is 13.8. The number of aromatic amines is 1. The smallest absolute Gasteiger partial charge is 0.153 e. The van der Waals surface area contributed by atoms with Gasteiger partial charge in [-0.1, -0.05) is 13.0 Å². The summed E-state index contributed by atoms with van der Waals surface area (Å²) >= 11 is 0. The van der Waals surface area contributed by atoms with Gasteiger partial charge in [0.15, 0.2) is 5.82 Å². The number of pyridine rings is 1. The Morgan fingerprint density at radius 1 is 1.06 bits per heavy atom. The van der Waals surface area contributed by atoms with E-state index in [1.54, 1.807) is 6.33 Å². The number of imidazole rings is 1. The zero-order chi connectivity index (χ0) is 23.7. The minimum atomic E-state index is 0.0571. The fourth-order valence-electron chi connectivity index (χ4n) is 4.09. The summed E-state index contributed by atoms with van der Waals surface area (Å²) in [5.41, 5.74) is 8.28. The zero-order valence-electron chi connectivity index (χ0n) is 19.4. The summed E-state index contributed by atoms with van der Waals surface area (Å²) in [5, 5.41) is 28.6. The quantitative estimate of drug-likeness (QED) is 0.339. The Bertz CT molecular complexity index is 1450. The van der Waals surface area contributed by atoms with Crippen LogP contribution in [0.2, 0.25) is 0 Å². The van der Waals surface area contributed by atoms with E-state index < -0.39 is 0 Å². The van der Waals surface area contributed by atoms with E-state index in [-0.39, 0.29) is 6.61 Å². The van der Waals surface area contributed by atoms with Crippen LogP contribution in [0.1, 0.15) is 29.6 Å². The van der Waals surface area contributed by atoms with E-state index in [0.29, 0.717) is 12.2 Å². The van der Waals surface area contributed by atoms with Gasteiger partial charge in [0.1, 0.15) is 12.1 Å². The van der Waals surface area contributed by atoms with Gasteiger partial charge in [-0.05, 0) is 68.7 Å². The van der Waals surface area contributed by atoms with Gasteiger partial charge < -0.3 is 10.4 Å². The lowest BCUT2D eigenvalue weighted by Gasteiger charge is -2.12. The molecule has 0 saturated carbocycles. The van der Waals surface area contributed by atoms with E-state index in [0.717, 1.165) is 62.9 Å². The highest BCUT2D eigenvalue weighted by atomic mass is 16.2. The number of hydrogen-bond donors (Lipinski definition) is 3. The molecule has 9 nitrogen and oxygen atoms in total. The van der Waals surface area contributed by atoms with Crippen LogP contribution in [-0.4, -0.2) is 46.6 Å². The van der Waals surface area contributed by atoms with Gasteiger partial charge in [0.05, 0.1) is 28.1 Å². The van der Waals surface area contributed by atoms with Crippen LogP contribution in [0.5, 0.6) is 0 Å². The number of fused-ring (bicyclic) bond motifs is 1. The molecule has 0 aliphatic heterocycles. The van der Waals surface area contributed by atoms with Crippen LogP contribution >= 0.6 is 0 Å². The van der Waals surface area contributed by atoms with Crippen LogP contribution < -0.4 is 5.32 Å². The van der Waals surface area contributed by atoms with Crippen LogP contribution in [-0.2, 0) is 12.8 Å². The zero-order valence-corrected chi connectivity index (χ0v) is 19.4. The number of nitrogens with one attached hydrogen (secondary N) is 2. The second-order valence-corrected chi connectivity index (χ2v) is 8.18. The molecule has 0 saturated heterocycles. The van der Waals surface area contributed by atoms with Crippen LogP contribution in [0, 0.1) is 13.8 Å².